The van der Waals surface area contributed by atoms with Crippen molar-refractivity contribution in [2.45, 2.75) is 25.9 Å². The van der Waals surface area contributed by atoms with Crippen molar-refractivity contribution >= 4 is 0 Å². The molecule has 23 heavy (non-hydrogen) atoms. The average molecular weight is 316 g/mol. The Bertz CT molecular complexity index is 636. The van der Waals surface area contributed by atoms with E-state index >= 15 is 0 Å². The molecule has 2 rings (SSSR count). The zero-order chi connectivity index (χ0) is 17.0. The van der Waals surface area contributed by atoms with Crippen LogP contribution in [0.3, 0.4) is 0 Å². The van der Waals surface area contributed by atoms with E-state index in [0.29, 0.717) is 0 Å². The average Bonchev–Trinajstić information content (AvgIpc) is 2.93. The lowest BCUT2D eigenvalue weighted by Gasteiger charge is -2.26. The molecule has 0 saturated heterocycles. The molecule has 2 atom stereocenters. The number of methoxy groups -OCH3 is 1. The summed E-state index contributed by atoms with van der Waals surface area (Å²) >= 11 is 0. The third kappa shape index (κ3) is 4.33. The molecule has 0 saturated carbocycles. The molecule has 0 radical (unpaired) electrons. The Hall–Kier alpha value is -1.85. The van der Waals surface area contributed by atoms with Crippen LogP contribution < -0.4 is 10.1 Å². The third-order valence-electron chi connectivity index (χ3n) is 4.20. The summed E-state index contributed by atoms with van der Waals surface area (Å²) in [5, 5.41) is 7.92. The summed E-state index contributed by atoms with van der Waals surface area (Å²) in [5.41, 5.74) is 3.65. The van der Waals surface area contributed by atoms with Gasteiger partial charge in [0.2, 0.25) is 0 Å². The maximum Gasteiger partial charge on any atom is 0.123 e. The lowest BCUT2D eigenvalue weighted by Crippen LogP contribution is -2.32. The molecule has 5 nitrogen and oxygen atoms in total. The fourth-order valence-electron chi connectivity index (χ4n) is 2.80. The van der Waals surface area contributed by atoms with Gasteiger partial charge < -0.3 is 15.0 Å². The molecule has 5 heteroatoms. The number of hydrogen-bond acceptors (Lipinski definition) is 4. The summed E-state index contributed by atoms with van der Waals surface area (Å²) in [5.74, 6) is 0.929. The Morgan fingerprint density at radius 2 is 2.09 bits per heavy atom. The first kappa shape index (κ1) is 17.5. The van der Waals surface area contributed by atoms with E-state index < -0.39 is 0 Å². The van der Waals surface area contributed by atoms with Crippen molar-refractivity contribution < 1.29 is 4.74 Å². The number of likely N-dealkylation sites (N-methyl/N-ethyl adjacent to an activating group) is 1. The Morgan fingerprint density at radius 1 is 1.35 bits per heavy atom. The minimum atomic E-state index is 0.212. The van der Waals surface area contributed by atoms with Gasteiger partial charge in [-0.05, 0) is 34.0 Å². The highest BCUT2D eigenvalue weighted by atomic mass is 16.5. The van der Waals surface area contributed by atoms with Crippen LogP contribution in [0.15, 0.2) is 30.6 Å². The Morgan fingerprint density at radius 3 is 2.65 bits per heavy atom. The molecule has 0 amide bonds. The first-order valence-electron chi connectivity index (χ1n) is 7.95. The number of hydrogen-bond donors (Lipinski definition) is 1. The molecule has 0 aliphatic heterocycles. The van der Waals surface area contributed by atoms with Crippen molar-refractivity contribution in [2.75, 3.05) is 27.7 Å². The van der Waals surface area contributed by atoms with Gasteiger partial charge in [0.1, 0.15) is 5.75 Å². The molecule has 0 bridgehead atoms. The number of aromatic nitrogens is 2. The number of benzene rings is 1. The van der Waals surface area contributed by atoms with Gasteiger partial charge in [-0.1, -0.05) is 17.7 Å². The van der Waals surface area contributed by atoms with Gasteiger partial charge in [0.05, 0.1) is 13.3 Å². The highest BCUT2D eigenvalue weighted by Crippen LogP contribution is 2.27. The van der Waals surface area contributed by atoms with Gasteiger partial charge in [-0.2, -0.15) is 5.10 Å². The standard InChI is InChI=1S/C18H28N4O/c1-13-7-8-18(23-6)16(9-13)14(2)19-11-17(21(3)4)15-10-20-22(5)12-15/h7-10,12,14,17,19H,11H2,1-6H3/t14-,17+/m0/s1. The first-order chi connectivity index (χ1) is 10.9. The minimum absolute atomic E-state index is 0.212. The van der Waals surface area contributed by atoms with Gasteiger partial charge in [-0.25, -0.2) is 0 Å². The monoisotopic (exact) mass is 316 g/mol. The van der Waals surface area contributed by atoms with Gasteiger partial charge in [-0.15, -0.1) is 0 Å². The molecule has 1 aromatic heterocycles. The highest BCUT2D eigenvalue weighted by Gasteiger charge is 2.18. The smallest absolute Gasteiger partial charge is 0.123 e. The molecule has 0 unspecified atom stereocenters. The zero-order valence-electron chi connectivity index (χ0n) is 15.0. The number of rotatable bonds is 7. The lowest BCUT2D eigenvalue weighted by atomic mass is 10.0. The molecule has 1 N–H and O–H groups in total. The van der Waals surface area contributed by atoms with Crippen LogP contribution in [0.1, 0.15) is 35.7 Å². The van der Waals surface area contributed by atoms with Gasteiger partial charge >= 0.3 is 0 Å². The van der Waals surface area contributed by atoms with Crippen molar-refractivity contribution in [3.8, 4) is 5.75 Å². The molecular weight excluding hydrogens is 288 g/mol. The molecule has 1 aromatic carbocycles. The maximum atomic E-state index is 5.50. The SMILES string of the molecule is COc1ccc(C)cc1[C@H](C)NC[C@H](c1cnn(C)c1)N(C)C. The third-order valence-corrected chi connectivity index (χ3v) is 4.20. The topological polar surface area (TPSA) is 42.3 Å². The molecule has 2 aromatic rings. The van der Waals surface area contributed by atoms with Crippen LogP contribution >= 0.6 is 0 Å². The number of ether oxygens (including phenoxy) is 1. The Balaban J connectivity index is 2.10. The zero-order valence-corrected chi connectivity index (χ0v) is 15.0. The van der Waals surface area contributed by atoms with Crippen molar-refractivity contribution in [1.29, 1.82) is 0 Å². The number of nitrogens with one attached hydrogen (secondary N) is 1. The number of nitrogens with zero attached hydrogens (tertiary/aromatic N) is 3. The molecule has 0 aliphatic rings. The summed E-state index contributed by atoms with van der Waals surface area (Å²) in [4.78, 5) is 2.21. The first-order valence-corrected chi connectivity index (χ1v) is 7.95. The van der Waals surface area contributed by atoms with E-state index in [1.807, 2.05) is 24.0 Å². The van der Waals surface area contributed by atoms with Crippen LogP contribution in [-0.2, 0) is 7.05 Å². The predicted octanol–water partition coefficient (Wildman–Crippen LogP) is 2.69. The molecule has 0 fully saturated rings. The van der Waals surface area contributed by atoms with Crippen LogP contribution in [0.5, 0.6) is 5.75 Å². The van der Waals surface area contributed by atoms with E-state index in [9.17, 15) is 0 Å². The van der Waals surface area contributed by atoms with Crippen molar-refractivity contribution in [3.63, 3.8) is 0 Å². The molecule has 126 valence electrons. The molecule has 0 aliphatic carbocycles. The van der Waals surface area contributed by atoms with E-state index in [0.717, 1.165) is 12.3 Å². The minimum Gasteiger partial charge on any atom is -0.496 e. The molecule has 1 heterocycles. The van der Waals surface area contributed by atoms with Crippen LogP contribution in [0.2, 0.25) is 0 Å². The van der Waals surface area contributed by atoms with E-state index in [4.69, 9.17) is 4.74 Å². The summed E-state index contributed by atoms with van der Waals surface area (Å²) in [6.07, 6.45) is 4.01. The van der Waals surface area contributed by atoms with Crippen LogP contribution in [0.4, 0.5) is 0 Å². The molecular formula is C18H28N4O. The summed E-state index contributed by atoms with van der Waals surface area (Å²) in [6.45, 7) is 5.12. The van der Waals surface area contributed by atoms with Crippen molar-refractivity contribution in [3.05, 3.63) is 47.3 Å². The van der Waals surface area contributed by atoms with Gasteiger partial charge in [0.25, 0.3) is 0 Å². The number of aryl methyl sites for hydroxylation is 2. The second-order valence-corrected chi connectivity index (χ2v) is 6.30. The van der Waals surface area contributed by atoms with E-state index in [-0.39, 0.29) is 12.1 Å². The summed E-state index contributed by atoms with van der Waals surface area (Å²) in [6, 6.07) is 6.79. The van der Waals surface area contributed by atoms with Gasteiger partial charge in [0.15, 0.2) is 0 Å². The van der Waals surface area contributed by atoms with E-state index in [2.05, 4.69) is 61.6 Å². The van der Waals surface area contributed by atoms with E-state index in [1.165, 1.54) is 16.7 Å². The molecule has 0 spiro atoms. The van der Waals surface area contributed by atoms with Crippen LogP contribution in [-0.4, -0.2) is 42.4 Å². The van der Waals surface area contributed by atoms with Crippen molar-refractivity contribution in [1.82, 2.24) is 20.0 Å². The second kappa shape index (κ2) is 7.62. The lowest BCUT2D eigenvalue weighted by molar-refractivity contribution is 0.280. The van der Waals surface area contributed by atoms with E-state index in [1.54, 1.807) is 7.11 Å². The summed E-state index contributed by atoms with van der Waals surface area (Å²) < 4.78 is 7.35. The Labute approximate surface area is 139 Å². The van der Waals surface area contributed by atoms with Gasteiger partial charge in [0, 0.05) is 43.0 Å². The maximum absolute atomic E-state index is 5.50. The predicted molar refractivity (Wildman–Crippen MR) is 93.8 cm³/mol. The quantitative estimate of drug-likeness (QED) is 0.853. The van der Waals surface area contributed by atoms with Crippen LogP contribution in [0.25, 0.3) is 0 Å². The largest absolute Gasteiger partial charge is 0.496 e. The van der Waals surface area contributed by atoms with Gasteiger partial charge in [-0.3, -0.25) is 4.68 Å². The van der Waals surface area contributed by atoms with Crippen LogP contribution in [0, 0.1) is 6.92 Å². The summed E-state index contributed by atoms with van der Waals surface area (Å²) in [7, 11) is 7.86. The fourth-order valence-corrected chi connectivity index (χ4v) is 2.80. The Kier molecular flexibility index (Phi) is 5.80. The normalized spacial score (nSPS) is 14.0. The highest BCUT2D eigenvalue weighted by molar-refractivity contribution is 5.38. The second-order valence-electron chi connectivity index (χ2n) is 6.30. The van der Waals surface area contributed by atoms with Crippen molar-refractivity contribution in [2.24, 2.45) is 7.05 Å². The fraction of sp³-hybridized carbons (Fsp3) is 0.500.